The number of rotatable bonds is 4. The Kier molecular flexibility index (Phi) is 5.12. The van der Waals surface area contributed by atoms with Crippen LogP contribution in [-0.2, 0) is 14.4 Å². The number of ketones is 2. The molecule has 0 saturated heterocycles. The Morgan fingerprint density at radius 3 is 1.96 bits per heavy atom. The second-order valence-corrected chi connectivity index (χ2v) is 7.38. The van der Waals surface area contributed by atoms with E-state index in [1.807, 2.05) is 45.0 Å². The maximum Gasteiger partial charge on any atom is 0.225 e. The fourth-order valence-electron chi connectivity index (χ4n) is 3.24. The van der Waals surface area contributed by atoms with Gasteiger partial charge in [0.1, 0.15) is 0 Å². The van der Waals surface area contributed by atoms with E-state index >= 15 is 0 Å². The van der Waals surface area contributed by atoms with E-state index < -0.39 is 5.41 Å². The van der Waals surface area contributed by atoms with E-state index in [0.717, 1.165) is 11.3 Å². The van der Waals surface area contributed by atoms with Gasteiger partial charge in [0, 0.05) is 39.8 Å². The predicted octanol–water partition coefficient (Wildman–Crippen LogP) is 4.15. The molecule has 4 nitrogen and oxygen atoms in total. The van der Waals surface area contributed by atoms with E-state index in [9.17, 15) is 14.4 Å². The smallest absolute Gasteiger partial charge is 0.225 e. The molecule has 0 fully saturated rings. The maximum absolute atomic E-state index is 12.7. The molecule has 132 valence electrons. The lowest BCUT2D eigenvalue weighted by molar-refractivity contribution is -0.119. The molecule has 25 heavy (non-hydrogen) atoms. The van der Waals surface area contributed by atoms with Crippen LogP contribution in [0.3, 0.4) is 0 Å². The first-order valence-electron chi connectivity index (χ1n) is 8.39. The lowest BCUT2D eigenvalue weighted by Gasteiger charge is -2.31. The lowest BCUT2D eigenvalue weighted by Crippen LogP contribution is -2.33. The molecular weight excluding hydrogens is 314 g/mol. The summed E-state index contributed by atoms with van der Waals surface area (Å²) < 4.78 is 0. The average molecular weight is 339 g/mol. The molecule has 0 saturated carbocycles. The van der Waals surface area contributed by atoms with Gasteiger partial charge in [-0.1, -0.05) is 31.5 Å². The molecule has 0 unspecified atom stereocenters. The van der Waals surface area contributed by atoms with Crippen LogP contribution < -0.4 is 5.32 Å². The molecule has 0 radical (unpaired) electrons. The maximum atomic E-state index is 12.7. The molecule has 1 aliphatic rings. The highest BCUT2D eigenvalue weighted by atomic mass is 16.2. The normalized spacial score (nSPS) is 15.8. The molecule has 0 bridgehead atoms. The number of anilines is 1. The van der Waals surface area contributed by atoms with Crippen LogP contribution in [0.25, 0.3) is 0 Å². The first-order valence-corrected chi connectivity index (χ1v) is 8.39. The SMILES string of the molecule is CC1=C(C)C(=O)C(C(C)(C)CC(=O)Nc2ccc(C)cc2)=C(C)C1=O. The zero-order valence-corrected chi connectivity index (χ0v) is 15.7. The highest BCUT2D eigenvalue weighted by Gasteiger charge is 2.38. The van der Waals surface area contributed by atoms with Crippen molar-refractivity contribution in [2.45, 2.75) is 48.0 Å². The number of hydrogen-bond donors (Lipinski definition) is 1. The number of carbonyl (C=O) groups is 3. The van der Waals surface area contributed by atoms with Crippen molar-refractivity contribution in [1.29, 1.82) is 0 Å². The second kappa shape index (κ2) is 6.79. The minimum atomic E-state index is -0.729. The van der Waals surface area contributed by atoms with Crippen molar-refractivity contribution >= 4 is 23.2 Å². The van der Waals surface area contributed by atoms with Crippen LogP contribution in [-0.4, -0.2) is 17.5 Å². The van der Waals surface area contributed by atoms with Gasteiger partial charge in [0.15, 0.2) is 11.6 Å². The van der Waals surface area contributed by atoms with Gasteiger partial charge in [-0.15, -0.1) is 0 Å². The summed E-state index contributed by atoms with van der Waals surface area (Å²) in [5, 5.41) is 2.86. The first-order chi connectivity index (χ1) is 11.5. The van der Waals surface area contributed by atoms with Crippen LogP contribution in [0.1, 0.15) is 46.6 Å². The number of nitrogens with one attached hydrogen (secondary N) is 1. The largest absolute Gasteiger partial charge is 0.326 e. The first kappa shape index (κ1) is 18.8. The molecule has 0 aromatic heterocycles. The lowest BCUT2D eigenvalue weighted by atomic mass is 9.71. The molecule has 0 spiro atoms. The van der Waals surface area contributed by atoms with Crippen molar-refractivity contribution in [1.82, 2.24) is 0 Å². The van der Waals surface area contributed by atoms with E-state index in [-0.39, 0.29) is 23.9 Å². The fraction of sp³-hybridized carbons (Fsp3) is 0.381. The topological polar surface area (TPSA) is 63.2 Å². The molecule has 1 aromatic rings. The monoisotopic (exact) mass is 339 g/mol. The molecule has 4 heteroatoms. The van der Waals surface area contributed by atoms with E-state index in [1.165, 1.54) is 0 Å². The van der Waals surface area contributed by atoms with Crippen LogP contribution >= 0.6 is 0 Å². The fourth-order valence-corrected chi connectivity index (χ4v) is 3.24. The summed E-state index contributed by atoms with van der Waals surface area (Å²) in [6.07, 6.45) is 0.124. The molecular formula is C21H25NO3. The van der Waals surface area contributed by atoms with Gasteiger partial charge < -0.3 is 5.32 Å². The molecule has 0 heterocycles. The van der Waals surface area contributed by atoms with Gasteiger partial charge in [-0.2, -0.15) is 0 Å². The van der Waals surface area contributed by atoms with E-state index in [1.54, 1.807) is 20.8 Å². The summed E-state index contributed by atoms with van der Waals surface area (Å²) in [4.78, 5) is 37.5. The van der Waals surface area contributed by atoms with Gasteiger partial charge in [-0.05, 0) is 39.8 Å². The van der Waals surface area contributed by atoms with Gasteiger partial charge in [0.25, 0.3) is 0 Å². The third kappa shape index (κ3) is 3.78. The third-order valence-electron chi connectivity index (χ3n) is 4.80. The Labute approximate surface area is 149 Å². The Hall–Kier alpha value is -2.49. The summed E-state index contributed by atoms with van der Waals surface area (Å²) in [6, 6.07) is 7.54. The Morgan fingerprint density at radius 2 is 1.40 bits per heavy atom. The second-order valence-electron chi connectivity index (χ2n) is 7.38. The summed E-state index contributed by atoms with van der Waals surface area (Å²) in [5.41, 5.74) is 2.95. The summed E-state index contributed by atoms with van der Waals surface area (Å²) in [7, 11) is 0. The van der Waals surface area contributed by atoms with E-state index in [2.05, 4.69) is 5.32 Å². The number of aryl methyl sites for hydroxylation is 1. The minimum Gasteiger partial charge on any atom is -0.326 e. The molecule has 1 aromatic carbocycles. The van der Waals surface area contributed by atoms with Crippen LogP contribution in [0.5, 0.6) is 0 Å². The number of amides is 1. The summed E-state index contributed by atoms with van der Waals surface area (Å²) >= 11 is 0. The highest BCUT2D eigenvalue weighted by Crippen LogP contribution is 2.38. The summed E-state index contributed by atoms with van der Waals surface area (Å²) in [5.74, 6) is -0.430. The Morgan fingerprint density at radius 1 is 0.880 bits per heavy atom. The molecule has 0 atom stereocenters. The van der Waals surface area contributed by atoms with Crippen LogP contribution in [0.4, 0.5) is 5.69 Å². The molecule has 1 N–H and O–H groups in total. The standard InChI is InChI=1S/C21H25NO3/c1-12-7-9-16(10-8-12)22-17(23)11-21(5,6)18-15(4)19(24)13(2)14(3)20(18)25/h7-10H,11H2,1-6H3,(H,22,23). The number of hydrogen-bond acceptors (Lipinski definition) is 3. The van der Waals surface area contributed by atoms with E-state index in [0.29, 0.717) is 22.3 Å². The van der Waals surface area contributed by atoms with Crippen LogP contribution in [0.2, 0.25) is 0 Å². The zero-order chi connectivity index (χ0) is 18.9. The molecule has 1 aliphatic carbocycles. The van der Waals surface area contributed by atoms with Gasteiger partial charge in [0.2, 0.25) is 5.91 Å². The number of Topliss-reactive ketones (excluding diaryl/α,β-unsaturated/α-hetero) is 2. The summed E-state index contributed by atoms with van der Waals surface area (Å²) in [6.45, 7) is 10.7. The quantitative estimate of drug-likeness (QED) is 0.838. The molecule has 1 amide bonds. The Bertz CT molecular complexity index is 808. The highest BCUT2D eigenvalue weighted by molar-refractivity contribution is 6.25. The van der Waals surface area contributed by atoms with Crippen molar-refractivity contribution in [2.24, 2.45) is 5.41 Å². The molecule has 2 rings (SSSR count). The minimum absolute atomic E-state index is 0.112. The van der Waals surface area contributed by atoms with Crippen molar-refractivity contribution < 1.29 is 14.4 Å². The van der Waals surface area contributed by atoms with Crippen LogP contribution in [0, 0.1) is 12.3 Å². The van der Waals surface area contributed by atoms with E-state index in [4.69, 9.17) is 0 Å². The van der Waals surface area contributed by atoms with Crippen molar-refractivity contribution in [2.75, 3.05) is 5.32 Å². The number of allylic oxidation sites excluding steroid dienone is 4. The van der Waals surface area contributed by atoms with Gasteiger partial charge >= 0.3 is 0 Å². The molecule has 0 aliphatic heterocycles. The van der Waals surface area contributed by atoms with Crippen molar-refractivity contribution in [3.05, 3.63) is 52.1 Å². The number of carbonyl (C=O) groups excluding carboxylic acids is 3. The average Bonchev–Trinajstić information content (AvgIpc) is 2.52. The van der Waals surface area contributed by atoms with Gasteiger partial charge in [0.05, 0.1) is 0 Å². The number of benzene rings is 1. The predicted molar refractivity (Wildman–Crippen MR) is 99.3 cm³/mol. The zero-order valence-electron chi connectivity index (χ0n) is 15.7. The third-order valence-corrected chi connectivity index (χ3v) is 4.80. The van der Waals surface area contributed by atoms with Crippen LogP contribution in [0.15, 0.2) is 46.6 Å². The Balaban J connectivity index is 2.23. The van der Waals surface area contributed by atoms with Gasteiger partial charge in [-0.3, -0.25) is 14.4 Å². The van der Waals surface area contributed by atoms with Gasteiger partial charge in [-0.25, -0.2) is 0 Å². The van der Waals surface area contributed by atoms with Crippen molar-refractivity contribution in [3.8, 4) is 0 Å². The van der Waals surface area contributed by atoms with Crippen molar-refractivity contribution in [3.63, 3.8) is 0 Å².